The standard InChI is InChI=1S/C20H23ClO6/c1-26-20(10-17(24)19(25)18(11-22)27-20)14-4-7-16(21)13(9-14)8-12-2-5-15(23)6-3-12/h2-7,9,17-19,22-25H,8,10-11H2,1H3/t17?,18?,19-,20?/m0/s1. The van der Waals surface area contributed by atoms with Gasteiger partial charge in [-0.25, -0.2) is 0 Å². The molecule has 1 saturated heterocycles. The minimum atomic E-state index is -1.31. The van der Waals surface area contributed by atoms with Gasteiger partial charge in [-0.2, -0.15) is 0 Å². The molecule has 1 heterocycles. The lowest BCUT2D eigenvalue weighted by Gasteiger charge is -2.44. The lowest BCUT2D eigenvalue weighted by Crippen LogP contribution is -2.55. The fraction of sp³-hybridized carbons (Fsp3) is 0.400. The van der Waals surface area contributed by atoms with E-state index in [1.54, 1.807) is 24.3 Å². The number of halogens is 1. The molecule has 0 radical (unpaired) electrons. The maximum absolute atomic E-state index is 10.2. The first-order chi connectivity index (χ1) is 12.9. The van der Waals surface area contributed by atoms with Crippen LogP contribution in [0.3, 0.4) is 0 Å². The molecule has 0 spiro atoms. The monoisotopic (exact) mass is 394 g/mol. The molecule has 2 aromatic rings. The molecule has 1 aliphatic rings. The number of benzene rings is 2. The fourth-order valence-corrected chi connectivity index (χ4v) is 3.55. The van der Waals surface area contributed by atoms with Crippen molar-refractivity contribution in [2.45, 2.75) is 36.9 Å². The van der Waals surface area contributed by atoms with Crippen LogP contribution < -0.4 is 0 Å². The maximum atomic E-state index is 10.2. The molecular formula is C20H23ClO6. The van der Waals surface area contributed by atoms with Crippen molar-refractivity contribution in [1.82, 2.24) is 0 Å². The van der Waals surface area contributed by atoms with Gasteiger partial charge in [-0.3, -0.25) is 0 Å². The highest BCUT2D eigenvalue weighted by molar-refractivity contribution is 6.31. The van der Waals surface area contributed by atoms with Crippen molar-refractivity contribution < 1.29 is 29.9 Å². The van der Waals surface area contributed by atoms with Crippen LogP contribution in [0, 0.1) is 0 Å². The minimum absolute atomic E-state index is 0.0153. The van der Waals surface area contributed by atoms with Crippen LogP contribution >= 0.6 is 11.6 Å². The Morgan fingerprint density at radius 1 is 1.19 bits per heavy atom. The summed E-state index contributed by atoms with van der Waals surface area (Å²) in [6.45, 7) is -0.447. The van der Waals surface area contributed by atoms with Crippen molar-refractivity contribution in [3.63, 3.8) is 0 Å². The Hall–Kier alpha value is -1.67. The minimum Gasteiger partial charge on any atom is -0.508 e. The molecule has 4 N–H and O–H groups in total. The van der Waals surface area contributed by atoms with E-state index >= 15 is 0 Å². The van der Waals surface area contributed by atoms with Crippen molar-refractivity contribution in [2.24, 2.45) is 0 Å². The number of methoxy groups -OCH3 is 1. The molecule has 1 fully saturated rings. The van der Waals surface area contributed by atoms with E-state index in [1.807, 2.05) is 18.2 Å². The smallest absolute Gasteiger partial charge is 0.197 e. The summed E-state index contributed by atoms with van der Waals surface area (Å²) >= 11 is 6.35. The molecule has 2 aromatic carbocycles. The molecule has 146 valence electrons. The second-order valence-electron chi connectivity index (χ2n) is 6.71. The van der Waals surface area contributed by atoms with Crippen molar-refractivity contribution in [3.05, 3.63) is 64.2 Å². The van der Waals surface area contributed by atoms with Crippen LogP contribution in [0.4, 0.5) is 0 Å². The highest BCUT2D eigenvalue weighted by Gasteiger charge is 2.47. The molecule has 7 heteroatoms. The van der Waals surface area contributed by atoms with E-state index in [2.05, 4.69) is 0 Å². The molecule has 0 amide bonds. The van der Waals surface area contributed by atoms with Gasteiger partial charge in [0.15, 0.2) is 5.79 Å². The molecule has 3 rings (SSSR count). The van der Waals surface area contributed by atoms with Gasteiger partial charge in [0.1, 0.15) is 18.0 Å². The van der Waals surface area contributed by atoms with E-state index in [1.165, 1.54) is 7.11 Å². The van der Waals surface area contributed by atoms with E-state index < -0.39 is 30.7 Å². The normalized spacial score (nSPS) is 28.3. The van der Waals surface area contributed by atoms with Crippen LogP contribution in [-0.4, -0.2) is 52.5 Å². The number of rotatable bonds is 5. The summed E-state index contributed by atoms with van der Waals surface area (Å²) < 4.78 is 11.4. The third-order valence-electron chi connectivity index (χ3n) is 4.92. The van der Waals surface area contributed by atoms with Crippen molar-refractivity contribution in [3.8, 4) is 5.75 Å². The highest BCUT2D eigenvalue weighted by Crippen LogP contribution is 2.40. The molecule has 0 bridgehead atoms. The summed E-state index contributed by atoms with van der Waals surface area (Å²) in [6, 6.07) is 12.1. The van der Waals surface area contributed by atoms with Crippen LogP contribution in [-0.2, 0) is 21.7 Å². The predicted octanol–water partition coefficient (Wildman–Crippen LogP) is 1.94. The van der Waals surface area contributed by atoms with Crippen LogP contribution in [0.1, 0.15) is 23.1 Å². The Kier molecular flexibility index (Phi) is 6.05. The number of ether oxygens (including phenoxy) is 2. The number of phenols is 1. The van der Waals surface area contributed by atoms with Gasteiger partial charge in [-0.15, -0.1) is 0 Å². The van der Waals surface area contributed by atoms with Gasteiger partial charge in [0, 0.05) is 24.1 Å². The number of hydrogen-bond donors (Lipinski definition) is 4. The zero-order valence-electron chi connectivity index (χ0n) is 14.9. The second kappa shape index (κ2) is 8.14. The van der Waals surface area contributed by atoms with Gasteiger partial charge >= 0.3 is 0 Å². The molecule has 0 saturated carbocycles. The Morgan fingerprint density at radius 2 is 1.89 bits per heavy atom. The molecule has 1 aliphatic heterocycles. The summed E-state index contributed by atoms with van der Waals surface area (Å²) in [6.07, 6.45) is -2.72. The number of phenolic OH excluding ortho intramolecular Hbond substituents is 1. The van der Waals surface area contributed by atoms with Gasteiger partial charge in [0.05, 0.1) is 12.7 Å². The number of aliphatic hydroxyl groups excluding tert-OH is 3. The first-order valence-corrected chi connectivity index (χ1v) is 9.03. The van der Waals surface area contributed by atoms with Crippen molar-refractivity contribution in [2.75, 3.05) is 13.7 Å². The highest BCUT2D eigenvalue weighted by atomic mass is 35.5. The fourth-order valence-electron chi connectivity index (χ4n) is 3.37. The average Bonchev–Trinajstić information content (AvgIpc) is 2.67. The zero-order valence-corrected chi connectivity index (χ0v) is 15.6. The van der Waals surface area contributed by atoms with Crippen LogP contribution in [0.15, 0.2) is 42.5 Å². The Labute approximate surface area is 162 Å². The van der Waals surface area contributed by atoms with E-state index in [0.29, 0.717) is 17.0 Å². The summed E-state index contributed by atoms with van der Waals surface area (Å²) in [5.41, 5.74) is 2.42. The van der Waals surface area contributed by atoms with Crippen molar-refractivity contribution >= 4 is 11.6 Å². The number of aromatic hydroxyl groups is 1. The Balaban J connectivity index is 1.94. The molecule has 6 nitrogen and oxygen atoms in total. The summed E-state index contributed by atoms with van der Waals surface area (Å²) in [7, 11) is 1.45. The Morgan fingerprint density at radius 3 is 2.52 bits per heavy atom. The van der Waals surface area contributed by atoms with Gasteiger partial charge in [0.25, 0.3) is 0 Å². The van der Waals surface area contributed by atoms with Gasteiger partial charge < -0.3 is 29.9 Å². The zero-order chi connectivity index (χ0) is 19.6. The summed E-state index contributed by atoms with van der Waals surface area (Å²) in [5.74, 6) is -1.12. The third-order valence-corrected chi connectivity index (χ3v) is 5.29. The number of aliphatic hydroxyl groups is 3. The van der Waals surface area contributed by atoms with Gasteiger partial charge in [-0.1, -0.05) is 29.8 Å². The van der Waals surface area contributed by atoms with E-state index in [-0.39, 0.29) is 12.2 Å². The van der Waals surface area contributed by atoms with Crippen LogP contribution in [0.25, 0.3) is 0 Å². The van der Waals surface area contributed by atoms with Gasteiger partial charge in [-0.05, 0) is 41.8 Å². The maximum Gasteiger partial charge on any atom is 0.197 e. The lowest BCUT2D eigenvalue weighted by atomic mass is 9.89. The molecule has 0 aliphatic carbocycles. The van der Waals surface area contributed by atoms with E-state index in [4.69, 9.17) is 21.1 Å². The largest absolute Gasteiger partial charge is 0.508 e. The molecule has 3 unspecified atom stereocenters. The summed E-state index contributed by atoms with van der Waals surface area (Å²) in [5, 5.41) is 39.7. The quantitative estimate of drug-likeness (QED) is 0.618. The Bertz CT molecular complexity index is 781. The molecule has 27 heavy (non-hydrogen) atoms. The van der Waals surface area contributed by atoms with Gasteiger partial charge in [0.2, 0.25) is 0 Å². The SMILES string of the molecule is COC1(c2ccc(Cl)c(Cc3ccc(O)cc3)c2)CC(O)[C@H](O)C(CO)O1. The van der Waals surface area contributed by atoms with E-state index in [0.717, 1.165) is 11.1 Å². The van der Waals surface area contributed by atoms with Crippen LogP contribution in [0.2, 0.25) is 5.02 Å². The first kappa shape index (κ1) is 20.1. The lowest BCUT2D eigenvalue weighted by molar-refractivity contribution is -0.323. The molecule has 4 atom stereocenters. The van der Waals surface area contributed by atoms with Crippen molar-refractivity contribution in [1.29, 1.82) is 0 Å². The topological polar surface area (TPSA) is 99.4 Å². The average molecular weight is 395 g/mol. The number of hydrogen-bond acceptors (Lipinski definition) is 6. The van der Waals surface area contributed by atoms with Crippen LogP contribution in [0.5, 0.6) is 5.75 Å². The van der Waals surface area contributed by atoms with E-state index in [9.17, 15) is 20.4 Å². The summed E-state index contributed by atoms with van der Waals surface area (Å²) in [4.78, 5) is 0. The molecular weight excluding hydrogens is 372 g/mol. The predicted molar refractivity (Wildman–Crippen MR) is 99.6 cm³/mol. The third kappa shape index (κ3) is 4.11. The molecule has 0 aromatic heterocycles. The second-order valence-corrected chi connectivity index (χ2v) is 7.11. The first-order valence-electron chi connectivity index (χ1n) is 8.65.